The Bertz CT molecular complexity index is 773. The number of carbonyl (C=O) groups excluding carboxylic acids is 3. The fraction of sp³-hybridized carbons (Fsp3) is 0.389. The Hall–Kier alpha value is -2.83. The molecule has 1 N–H and O–H groups in total. The number of allylic oxidation sites excluding steroid dienone is 2. The predicted molar refractivity (Wildman–Crippen MR) is 86.6 cm³/mol. The first kappa shape index (κ1) is 15.7. The van der Waals surface area contributed by atoms with Crippen LogP contribution in [-0.2, 0) is 9.59 Å². The van der Waals surface area contributed by atoms with E-state index in [4.69, 9.17) is 9.47 Å². The Morgan fingerprint density at radius 1 is 1.04 bits per heavy atom. The maximum Gasteiger partial charge on any atom is 0.270 e. The van der Waals surface area contributed by atoms with Crippen molar-refractivity contribution in [3.63, 3.8) is 0 Å². The van der Waals surface area contributed by atoms with Crippen LogP contribution in [0, 0.1) is 23.7 Å². The third kappa shape index (κ3) is 2.22. The van der Waals surface area contributed by atoms with E-state index in [1.807, 2.05) is 12.2 Å². The predicted octanol–water partition coefficient (Wildman–Crippen LogP) is 1.16. The monoisotopic (exact) mass is 342 g/mol. The van der Waals surface area contributed by atoms with Crippen LogP contribution in [0.3, 0.4) is 0 Å². The van der Waals surface area contributed by atoms with Gasteiger partial charge in [-0.05, 0) is 36.5 Å². The minimum atomic E-state index is -0.539. The highest BCUT2D eigenvalue weighted by Crippen LogP contribution is 2.52. The third-order valence-electron chi connectivity index (χ3n) is 5.33. The Morgan fingerprint density at radius 2 is 1.64 bits per heavy atom. The van der Waals surface area contributed by atoms with E-state index >= 15 is 0 Å². The molecule has 7 heteroatoms. The minimum Gasteiger partial charge on any atom is -0.493 e. The van der Waals surface area contributed by atoms with E-state index in [0.29, 0.717) is 11.5 Å². The summed E-state index contributed by atoms with van der Waals surface area (Å²) in [7, 11) is 2.97. The smallest absolute Gasteiger partial charge is 0.270 e. The summed E-state index contributed by atoms with van der Waals surface area (Å²) in [5.74, 6) is -0.757. The lowest BCUT2D eigenvalue weighted by Crippen LogP contribution is -2.47. The van der Waals surface area contributed by atoms with E-state index in [2.05, 4.69) is 5.43 Å². The number of carbonyl (C=O) groups is 3. The normalized spacial score (nSPS) is 29.1. The standard InChI is InChI=1S/C18H18N2O5/c1-24-12-6-5-11(8-13(12)25-2)16(21)19-20-17(22)14-9-3-4-10(7-9)15(14)18(20)23/h3-6,8-10,14-15H,7H2,1-2H3,(H,19,21)/t9-,10+,14+,15-. The second-order valence-electron chi connectivity index (χ2n) is 6.52. The molecule has 1 saturated heterocycles. The van der Waals surface area contributed by atoms with Gasteiger partial charge in [-0.3, -0.25) is 19.8 Å². The molecule has 25 heavy (non-hydrogen) atoms. The number of amides is 3. The van der Waals surface area contributed by atoms with Crippen LogP contribution in [0.1, 0.15) is 16.8 Å². The second kappa shape index (κ2) is 5.61. The summed E-state index contributed by atoms with van der Waals surface area (Å²) < 4.78 is 10.3. The van der Waals surface area contributed by atoms with Crippen molar-refractivity contribution in [2.45, 2.75) is 6.42 Å². The van der Waals surface area contributed by atoms with Crippen molar-refractivity contribution in [3.05, 3.63) is 35.9 Å². The van der Waals surface area contributed by atoms with Crippen molar-refractivity contribution in [1.82, 2.24) is 10.4 Å². The lowest BCUT2D eigenvalue weighted by Gasteiger charge is -2.18. The zero-order chi connectivity index (χ0) is 17.7. The summed E-state index contributed by atoms with van der Waals surface area (Å²) in [6.07, 6.45) is 4.87. The van der Waals surface area contributed by atoms with Crippen LogP contribution < -0.4 is 14.9 Å². The van der Waals surface area contributed by atoms with Gasteiger partial charge in [0.2, 0.25) is 0 Å². The van der Waals surface area contributed by atoms with Gasteiger partial charge in [-0.2, -0.15) is 5.01 Å². The number of rotatable bonds is 4. The fourth-order valence-electron chi connectivity index (χ4n) is 4.16. The van der Waals surface area contributed by atoms with Crippen molar-refractivity contribution in [1.29, 1.82) is 0 Å². The summed E-state index contributed by atoms with van der Waals surface area (Å²) in [4.78, 5) is 37.7. The van der Waals surface area contributed by atoms with Crippen molar-refractivity contribution >= 4 is 17.7 Å². The van der Waals surface area contributed by atoms with Gasteiger partial charge in [-0.1, -0.05) is 12.2 Å². The van der Waals surface area contributed by atoms with E-state index in [1.165, 1.54) is 20.3 Å². The molecule has 7 nitrogen and oxygen atoms in total. The number of ether oxygens (including phenoxy) is 2. The zero-order valence-electron chi connectivity index (χ0n) is 13.9. The average Bonchev–Trinajstić information content (AvgIpc) is 3.31. The van der Waals surface area contributed by atoms with E-state index in [1.54, 1.807) is 12.1 Å². The summed E-state index contributed by atoms with van der Waals surface area (Å²) in [6, 6.07) is 4.65. The van der Waals surface area contributed by atoms with Gasteiger partial charge >= 0.3 is 0 Å². The Morgan fingerprint density at radius 3 is 2.20 bits per heavy atom. The van der Waals surface area contributed by atoms with Crippen molar-refractivity contribution < 1.29 is 23.9 Å². The van der Waals surface area contributed by atoms with Gasteiger partial charge in [-0.15, -0.1) is 0 Å². The molecule has 1 saturated carbocycles. The highest BCUT2D eigenvalue weighted by Gasteiger charge is 2.59. The van der Waals surface area contributed by atoms with Crippen molar-refractivity contribution in [3.8, 4) is 11.5 Å². The van der Waals surface area contributed by atoms with Gasteiger partial charge in [0.05, 0.1) is 26.1 Å². The number of hydrogen-bond acceptors (Lipinski definition) is 5. The van der Waals surface area contributed by atoms with Crippen LogP contribution in [0.15, 0.2) is 30.4 Å². The van der Waals surface area contributed by atoms with Gasteiger partial charge in [0, 0.05) is 5.56 Å². The molecule has 0 spiro atoms. The third-order valence-corrected chi connectivity index (χ3v) is 5.33. The molecule has 4 atom stereocenters. The Labute approximate surface area is 144 Å². The molecule has 0 radical (unpaired) electrons. The molecule has 1 aromatic carbocycles. The second-order valence-corrected chi connectivity index (χ2v) is 6.52. The average molecular weight is 342 g/mol. The van der Waals surface area contributed by atoms with Crippen molar-refractivity contribution in [2.75, 3.05) is 14.2 Å². The van der Waals surface area contributed by atoms with Crippen molar-refractivity contribution in [2.24, 2.45) is 23.7 Å². The Kier molecular flexibility index (Phi) is 3.52. The first-order chi connectivity index (χ1) is 12.0. The van der Waals surface area contributed by atoms with Gasteiger partial charge in [0.25, 0.3) is 17.7 Å². The lowest BCUT2D eigenvalue weighted by atomic mass is 9.85. The van der Waals surface area contributed by atoms with Crippen LogP contribution in [0.25, 0.3) is 0 Å². The van der Waals surface area contributed by atoms with Crippen LogP contribution in [0.4, 0.5) is 0 Å². The summed E-state index contributed by atoms with van der Waals surface area (Å²) in [5.41, 5.74) is 2.73. The Balaban J connectivity index is 1.54. The number of fused-ring (bicyclic) bond motifs is 5. The topological polar surface area (TPSA) is 84.9 Å². The number of nitrogens with zero attached hydrogens (tertiary/aromatic N) is 1. The van der Waals surface area contributed by atoms with Gasteiger partial charge in [0.1, 0.15) is 0 Å². The molecule has 3 amide bonds. The molecular weight excluding hydrogens is 324 g/mol. The summed E-state index contributed by atoms with van der Waals surface area (Å²) in [6.45, 7) is 0. The molecule has 0 aromatic heterocycles. The fourth-order valence-corrected chi connectivity index (χ4v) is 4.16. The first-order valence-corrected chi connectivity index (χ1v) is 8.14. The molecule has 4 rings (SSSR count). The van der Waals surface area contributed by atoms with Gasteiger partial charge in [-0.25, -0.2) is 0 Å². The highest BCUT2D eigenvalue weighted by atomic mass is 16.5. The molecule has 1 aromatic rings. The number of nitrogens with one attached hydrogen (secondary N) is 1. The molecule has 2 bridgehead atoms. The maximum atomic E-state index is 12.6. The SMILES string of the molecule is COc1ccc(C(=O)NN2C(=O)[C@@H]3[C@H](C2=O)[C@H]2C=C[C@@H]3C2)cc1OC. The number of hydrazine groups is 1. The number of imide groups is 1. The summed E-state index contributed by atoms with van der Waals surface area (Å²) >= 11 is 0. The molecule has 3 aliphatic rings. The molecule has 130 valence electrons. The molecular formula is C18H18N2O5. The number of benzene rings is 1. The highest BCUT2D eigenvalue weighted by molar-refractivity contribution is 6.08. The minimum absolute atomic E-state index is 0.106. The van der Waals surface area contributed by atoms with Crippen LogP contribution in [0.2, 0.25) is 0 Å². The molecule has 2 aliphatic carbocycles. The molecule has 2 fully saturated rings. The quantitative estimate of drug-likeness (QED) is 0.655. The molecule has 1 aliphatic heterocycles. The van der Waals surface area contributed by atoms with E-state index in [-0.39, 0.29) is 41.0 Å². The van der Waals surface area contributed by atoms with Crippen LogP contribution in [-0.4, -0.2) is 37.0 Å². The summed E-state index contributed by atoms with van der Waals surface area (Å²) in [5, 5.41) is 0.889. The number of hydrogen-bond donors (Lipinski definition) is 1. The van der Waals surface area contributed by atoms with Gasteiger partial charge < -0.3 is 9.47 Å². The van der Waals surface area contributed by atoms with Gasteiger partial charge in [0.15, 0.2) is 11.5 Å². The van der Waals surface area contributed by atoms with E-state index in [9.17, 15) is 14.4 Å². The largest absolute Gasteiger partial charge is 0.493 e. The van der Waals surface area contributed by atoms with E-state index in [0.717, 1.165) is 11.4 Å². The molecule has 1 heterocycles. The zero-order valence-corrected chi connectivity index (χ0v) is 13.9. The first-order valence-electron chi connectivity index (χ1n) is 8.14. The number of methoxy groups -OCH3 is 2. The maximum absolute atomic E-state index is 12.6. The van der Waals surface area contributed by atoms with Crippen LogP contribution >= 0.6 is 0 Å². The lowest BCUT2D eigenvalue weighted by molar-refractivity contribution is -0.143. The molecule has 0 unspecified atom stereocenters. The van der Waals surface area contributed by atoms with E-state index < -0.39 is 5.91 Å². The van der Waals surface area contributed by atoms with Crippen LogP contribution in [0.5, 0.6) is 11.5 Å².